The van der Waals surface area contributed by atoms with Crippen LogP contribution in [-0.2, 0) is 10.8 Å². The van der Waals surface area contributed by atoms with Crippen LogP contribution in [0, 0.1) is 25.2 Å². The van der Waals surface area contributed by atoms with Crippen molar-refractivity contribution in [2.24, 2.45) is 11.3 Å². The van der Waals surface area contributed by atoms with Gasteiger partial charge in [-0.3, -0.25) is 0 Å². The molecule has 75 heavy (non-hydrogen) atoms. The van der Waals surface area contributed by atoms with E-state index in [4.69, 9.17) is 4.42 Å². The normalized spacial score (nSPS) is 19.9. The van der Waals surface area contributed by atoms with Gasteiger partial charge in [-0.2, -0.15) is 0 Å². The molecule has 13 rings (SSSR count). The second-order valence-corrected chi connectivity index (χ2v) is 28.4. The first-order valence-electron chi connectivity index (χ1n) is 27.7. The number of benzene rings is 8. The summed E-state index contributed by atoms with van der Waals surface area (Å²) in [5.74, 6) is 0.980. The number of aryl methyl sites for hydroxylation is 2. The quantitative estimate of drug-likeness (QED) is 0.127. The zero-order valence-corrected chi connectivity index (χ0v) is 46.3. The van der Waals surface area contributed by atoms with E-state index < -0.39 is 10.0 Å². The standard InChI is InChI=1S/C70H71BN2OS/c1-46-41-62-65-63(42-46)73(56-33-27-50(28-34-56)48(3)49-21-13-10-14-22-49)66-58-44-57(75(7,8)9)37-38-64(58)74-67(66)71(65)60-43-47(2)59(70(54-25-17-12-18-26-54)40-20-19-39-69(70,6)53-29-30-53)45-61(60)72(62)55-35-31-52(32-36-55)68(4,5)51-23-15-11-16-24-51/h10-18,21-28,31-38,41-45,48,53H,19-20,29-30,39-40H2,1-9H3. The maximum absolute atomic E-state index is 7.50. The van der Waals surface area contributed by atoms with Crippen LogP contribution < -0.4 is 26.4 Å². The van der Waals surface area contributed by atoms with Gasteiger partial charge in [0.1, 0.15) is 5.58 Å². The summed E-state index contributed by atoms with van der Waals surface area (Å²) in [6, 6.07) is 69.8. The molecule has 0 N–H and O–H groups in total. The second kappa shape index (κ2) is 17.7. The van der Waals surface area contributed by atoms with Crippen molar-refractivity contribution in [3.05, 3.63) is 226 Å². The molecule has 0 radical (unpaired) electrons. The van der Waals surface area contributed by atoms with Gasteiger partial charge in [-0.05, 0) is 191 Å². The zero-order valence-electron chi connectivity index (χ0n) is 45.5. The SMILES string of the molecule is Cc1cc2c3c(c1)N(c1ccc(C(C)c4ccccc4)cc1)c1c(oc4ccc(S(C)(C)C)cc14)B3c1cc(C)c(C3(c4ccccc4)CCCCC3(C)C3CC3)cc1N2c1ccc(C(C)(C)c2ccccc2)cc1. The second-order valence-electron chi connectivity index (χ2n) is 24.3. The maximum atomic E-state index is 7.50. The molecule has 0 saturated heterocycles. The van der Waals surface area contributed by atoms with E-state index in [-0.39, 0.29) is 28.9 Å². The molecule has 3 heterocycles. The first-order chi connectivity index (χ1) is 36.2. The van der Waals surface area contributed by atoms with Crippen LogP contribution in [0.25, 0.3) is 11.0 Å². The topological polar surface area (TPSA) is 19.6 Å². The summed E-state index contributed by atoms with van der Waals surface area (Å²) in [5, 5.41) is 1.18. The zero-order chi connectivity index (χ0) is 51.6. The maximum Gasteiger partial charge on any atom is 0.297 e. The monoisotopic (exact) mass is 999 g/mol. The van der Waals surface area contributed by atoms with E-state index in [0.717, 1.165) is 29.0 Å². The highest BCUT2D eigenvalue weighted by Crippen LogP contribution is 2.66. The molecule has 0 amide bonds. The summed E-state index contributed by atoms with van der Waals surface area (Å²) in [6.45, 7) is 14.3. The van der Waals surface area contributed by atoms with Gasteiger partial charge in [0.05, 0.1) is 11.3 Å². The molecule has 0 bridgehead atoms. The number of rotatable bonds is 10. The third kappa shape index (κ3) is 7.53. The molecule has 8 aromatic carbocycles. The van der Waals surface area contributed by atoms with E-state index in [9.17, 15) is 0 Å². The Hall–Kier alpha value is -6.69. The highest BCUT2D eigenvalue weighted by Gasteiger charge is 2.59. The molecule has 4 aliphatic rings. The highest BCUT2D eigenvalue weighted by atomic mass is 32.3. The molecule has 3 atom stereocenters. The molecule has 2 aliphatic heterocycles. The molecule has 2 saturated carbocycles. The largest absolute Gasteiger partial charge is 0.468 e. The minimum Gasteiger partial charge on any atom is -0.468 e. The molecule has 2 aliphatic carbocycles. The van der Waals surface area contributed by atoms with Gasteiger partial charge in [0.15, 0.2) is 0 Å². The van der Waals surface area contributed by atoms with E-state index in [1.165, 1.54) is 121 Å². The van der Waals surface area contributed by atoms with Gasteiger partial charge in [0, 0.05) is 50.6 Å². The Balaban J connectivity index is 1.08. The van der Waals surface area contributed by atoms with E-state index in [1.807, 2.05) is 0 Å². The van der Waals surface area contributed by atoms with Gasteiger partial charge in [-0.1, -0.05) is 162 Å². The third-order valence-corrected chi connectivity index (χ3v) is 20.5. The number of hydrogen-bond donors (Lipinski definition) is 0. The fraction of sp³-hybridized carbons (Fsp3) is 0.286. The summed E-state index contributed by atoms with van der Waals surface area (Å²) < 4.78 is 7.50. The van der Waals surface area contributed by atoms with E-state index in [0.29, 0.717) is 5.92 Å². The molecular formula is C70H71BN2OS. The molecule has 376 valence electrons. The molecule has 3 unspecified atom stereocenters. The Morgan fingerprint density at radius 1 is 0.627 bits per heavy atom. The lowest BCUT2D eigenvalue weighted by atomic mass is 9.35. The molecular weight excluding hydrogens is 928 g/mol. The Morgan fingerprint density at radius 2 is 1.21 bits per heavy atom. The molecule has 5 heteroatoms. The van der Waals surface area contributed by atoms with Crippen LogP contribution in [0.3, 0.4) is 0 Å². The number of fused-ring (bicyclic) bond motifs is 6. The molecule has 0 spiro atoms. The predicted octanol–water partition coefficient (Wildman–Crippen LogP) is 16.9. The summed E-state index contributed by atoms with van der Waals surface area (Å²) in [7, 11) is -1.05. The average molecular weight is 999 g/mol. The van der Waals surface area contributed by atoms with Crippen LogP contribution in [0.4, 0.5) is 34.1 Å². The minimum atomic E-state index is -1.05. The first-order valence-corrected chi connectivity index (χ1v) is 30.5. The van der Waals surface area contributed by atoms with Gasteiger partial charge in [0.25, 0.3) is 6.71 Å². The Bertz CT molecular complexity index is 3630. The van der Waals surface area contributed by atoms with Crippen molar-refractivity contribution in [2.75, 3.05) is 28.6 Å². The first kappa shape index (κ1) is 48.0. The number of hydrogen-bond acceptors (Lipinski definition) is 3. The minimum absolute atomic E-state index is 0.135. The Kier molecular flexibility index (Phi) is 11.3. The van der Waals surface area contributed by atoms with Crippen molar-refractivity contribution in [1.29, 1.82) is 0 Å². The van der Waals surface area contributed by atoms with Crippen molar-refractivity contribution in [1.82, 2.24) is 0 Å². The van der Waals surface area contributed by atoms with Gasteiger partial charge in [-0.15, -0.1) is 0 Å². The van der Waals surface area contributed by atoms with Gasteiger partial charge >= 0.3 is 0 Å². The molecule has 3 nitrogen and oxygen atoms in total. The molecule has 1 aromatic heterocycles. The Labute approximate surface area is 448 Å². The van der Waals surface area contributed by atoms with Crippen LogP contribution in [0.5, 0.6) is 0 Å². The fourth-order valence-corrected chi connectivity index (χ4v) is 15.4. The van der Waals surface area contributed by atoms with Gasteiger partial charge in [0.2, 0.25) is 0 Å². The van der Waals surface area contributed by atoms with Crippen LogP contribution in [0.15, 0.2) is 191 Å². The van der Waals surface area contributed by atoms with E-state index >= 15 is 0 Å². The van der Waals surface area contributed by atoms with Crippen molar-refractivity contribution in [3.8, 4) is 0 Å². The summed E-state index contributed by atoms with van der Waals surface area (Å²) in [5.41, 5.74) is 22.4. The number of furan rings is 1. The Morgan fingerprint density at radius 3 is 1.88 bits per heavy atom. The van der Waals surface area contributed by atoms with Gasteiger partial charge < -0.3 is 14.2 Å². The fourth-order valence-electron chi connectivity index (χ4n) is 14.5. The van der Waals surface area contributed by atoms with Crippen LogP contribution >= 0.6 is 10.0 Å². The van der Waals surface area contributed by atoms with Crippen LogP contribution in [0.1, 0.15) is 117 Å². The lowest BCUT2D eigenvalue weighted by Gasteiger charge is -2.55. The summed E-state index contributed by atoms with van der Waals surface area (Å²) in [4.78, 5) is 6.59. The van der Waals surface area contributed by atoms with Crippen molar-refractivity contribution in [3.63, 3.8) is 0 Å². The summed E-state index contributed by atoms with van der Waals surface area (Å²) in [6.07, 6.45) is 14.8. The third-order valence-electron chi connectivity index (χ3n) is 18.8. The van der Waals surface area contributed by atoms with Crippen molar-refractivity contribution in [2.45, 2.75) is 102 Å². The van der Waals surface area contributed by atoms with E-state index in [2.05, 4.69) is 252 Å². The lowest BCUT2D eigenvalue weighted by molar-refractivity contribution is 0.0789. The van der Waals surface area contributed by atoms with Crippen LogP contribution in [-0.4, -0.2) is 25.5 Å². The lowest BCUT2D eigenvalue weighted by Crippen LogP contribution is -2.61. The summed E-state index contributed by atoms with van der Waals surface area (Å²) >= 11 is 0. The molecule has 2 fully saturated rings. The number of nitrogens with zero attached hydrogens (tertiary/aromatic N) is 2. The average Bonchev–Trinajstić information content (AvgIpc) is 4.31. The van der Waals surface area contributed by atoms with Crippen LogP contribution in [0.2, 0.25) is 0 Å². The van der Waals surface area contributed by atoms with Gasteiger partial charge in [-0.25, -0.2) is 10.0 Å². The van der Waals surface area contributed by atoms with E-state index in [1.54, 1.807) is 0 Å². The highest BCUT2D eigenvalue weighted by molar-refractivity contribution is 8.32. The van der Waals surface area contributed by atoms with Crippen molar-refractivity contribution >= 4 is 78.4 Å². The number of anilines is 6. The predicted molar refractivity (Wildman–Crippen MR) is 322 cm³/mol. The smallest absolute Gasteiger partial charge is 0.297 e. The van der Waals surface area contributed by atoms with Crippen molar-refractivity contribution < 1.29 is 4.42 Å². The molecule has 9 aromatic rings.